The van der Waals surface area contributed by atoms with E-state index in [1.54, 1.807) is 6.92 Å². The summed E-state index contributed by atoms with van der Waals surface area (Å²) in [5.74, 6) is -2.03. The Kier molecular flexibility index (Phi) is 4.75. The molecule has 3 rings (SSSR count). The molecular weight excluding hydrogens is 404 g/mol. The first-order valence-corrected chi connectivity index (χ1v) is 8.46. The molecule has 1 atom stereocenters. The number of aliphatic hydroxyl groups excluding tert-OH is 1. The van der Waals surface area contributed by atoms with E-state index < -0.39 is 40.4 Å². The van der Waals surface area contributed by atoms with Crippen LogP contribution in [0.25, 0.3) is 5.78 Å². The fourth-order valence-electron chi connectivity index (χ4n) is 3.14. The molecule has 0 aromatic carbocycles. The number of hydrogen-bond donors (Lipinski definition) is 1. The molecule has 2 aromatic heterocycles. The molecule has 1 aliphatic carbocycles. The first-order valence-electron chi connectivity index (χ1n) is 8.46. The number of fused-ring (bicyclic) bond motifs is 1. The number of alkyl halides is 6. The van der Waals surface area contributed by atoms with Crippen molar-refractivity contribution in [2.45, 2.75) is 39.0 Å². The lowest BCUT2D eigenvalue weighted by atomic mass is 9.75. The van der Waals surface area contributed by atoms with Gasteiger partial charge < -0.3 is 5.11 Å². The van der Waals surface area contributed by atoms with Crippen LogP contribution in [-0.4, -0.2) is 31.4 Å². The zero-order chi connectivity index (χ0) is 21.8. The number of rotatable bonds is 3. The van der Waals surface area contributed by atoms with Gasteiger partial charge in [-0.15, -0.1) is 0 Å². The number of ketones is 1. The van der Waals surface area contributed by atoms with E-state index in [0.29, 0.717) is 18.5 Å². The summed E-state index contributed by atoms with van der Waals surface area (Å²) >= 11 is 0. The molecule has 0 saturated carbocycles. The summed E-state index contributed by atoms with van der Waals surface area (Å²) in [5.41, 5.74) is -4.40. The van der Waals surface area contributed by atoms with Crippen molar-refractivity contribution in [1.29, 1.82) is 0 Å². The second-order valence-corrected chi connectivity index (χ2v) is 6.87. The zero-order valence-corrected chi connectivity index (χ0v) is 15.2. The van der Waals surface area contributed by atoms with Crippen LogP contribution < -0.4 is 0 Å². The van der Waals surface area contributed by atoms with Crippen molar-refractivity contribution < 1.29 is 36.2 Å². The monoisotopic (exact) mass is 419 g/mol. The summed E-state index contributed by atoms with van der Waals surface area (Å²) in [6.07, 6.45) is -7.06. The summed E-state index contributed by atoms with van der Waals surface area (Å²) in [4.78, 5) is 20.9. The van der Waals surface area contributed by atoms with E-state index in [9.17, 15) is 36.2 Å². The van der Waals surface area contributed by atoms with Crippen LogP contribution in [0.1, 0.15) is 42.0 Å². The van der Waals surface area contributed by atoms with E-state index in [1.165, 1.54) is 6.92 Å². The maximum Gasteiger partial charge on any atom is 0.419 e. The number of aryl methyl sites for hydroxylation is 1. The van der Waals surface area contributed by atoms with Gasteiger partial charge in [0, 0.05) is 12.4 Å². The summed E-state index contributed by atoms with van der Waals surface area (Å²) in [7, 11) is 0. The highest BCUT2D eigenvalue weighted by Crippen LogP contribution is 2.42. The second-order valence-electron chi connectivity index (χ2n) is 6.87. The highest BCUT2D eigenvalue weighted by Gasteiger charge is 2.45. The number of allylic oxidation sites excluding steroid dienone is 3. The smallest absolute Gasteiger partial charge is 0.419 e. The Morgan fingerprint density at radius 2 is 1.90 bits per heavy atom. The van der Waals surface area contributed by atoms with Crippen molar-refractivity contribution in [3.63, 3.8) is 0 Å². The van der Waals surface area contributed by atoms with Gasteiger partial charge in [0.1, 0.15) is 11.5 Å². The average molecular weight is 419 g/mol. The van der Waals surface area contributed by atoms with Crippen molar-refractivity contribution in [1.82, 2.24) is 14.4 Å². The maximum atomic E-state index is 13.2. The van der Waals surface area contributed by atoms with E-state index in [-0.39, 0.29) is 30.0 Å². The standard InChI is InChI=1S/C18H15F6N3O2/c1-3-11-13(27-8-9(17(19,20)21)7-25-15(27)26-11)14(29)16(2)5-4-12(28)10(6-16)18(22,23)24/h4,6-8,28H,3,5H2,1-2H3. The molecule has 0 aliphatic heterocycles. The fourth-order valence-corrected chi connectivity index (χ4v) is 3.14. The van der Waals surface area contributed by atoms with Crippen LogP contribution in [0.4, 0.5) is 26.3 Å². The number of halogens is 6. The van der Waals surface area contributed by atoms with Crippen LogP contribution in [-0.2, 0) is 12.6 Å². The third-order valence-corrected chi connectivity index (χ3v) is 4.71. The summed E-state index contributed by atoms with van der Waals surface area (Å²) in [6.45, 7) is 2.83. The first-order chi connectivity index (χ1) is 13.3. The molecule has 0 spiro atoms. The van der Waals surface area contributed by atoms with Crippen molar-refractivity contribution in [2.75, 3.05) is 0 Å². The number of hydrogen-bond acceptors (Lipinski definition) is 4. The van der Waals surface area contributed by atoms with Gasteiger partial charge in [0.2, 0.25) is 5.78 Å². The third kappa shape index (κ3) is 3.60. The Balaban J connectivity index is 2.19. The van der Waals surface area contributed by atoms with Crippen LogP contribution in [0.2, 0.25) is 0 Å². The second kappa shape index (κ2) is 6.60. The Hall–Kier alpha value is -2.85. The molecule has 1 N–H and O–H groups in total. The predicted molar refractivity (Wildman–Crippen MR) is 89.3 cm³/mol. The molecule has 156 valence electrons. The van der Waals surface area contributed by atoms with E-state index in [0.717, 1.165) is 10.5 Å². The van der Waals surface area contributed by atoms with Crippen LogP contribution in [0.15, 0.2) is 35.9 Å². The Bertz CT molecular complexity index is 1050. The molecular formula is C18H15F6N3O2. The van der Waals surface area contributed by atoms with Crippen LogP contribution in [0.3, 0.4) is 0 Å². The van der Waals surface area contributed by atoms with Crippen molar-refractivity contribution in [3.05, 3.63) is 52.8 Å². The minimum atomic E-state index is -4.90. The fraction of sp³-hybridized carbons (Fsp3) is 0.389. The predicted octanol–water partition coefficient (Wildman–Crippen LogP) is 4.83. The number of Topliss-reactive ketones (excluding diaryl/α,β-unsaturated/α-hetero) is 1. The molecule has 5 nitrogen and oxygen atoms in total. The summed E-state index contributed by atoms with van der Waals surface area (Å²) < 4.78 is 79.6. The van der Waals surface area contributed by atoms with Gasteiger partial charge in [-0.3, -0.25) is 9.20 Å². The molecule has 1 aliphatic rings. The third-order valence-electron chi connectivity index (χ3n) is 4.71. The van der Waals surface area contributed by atoms with E-state index in [4.69, 9.17) is 0 Å². The number of carbonyl (C=O) groups excluding carboxylic acids is 1. The van der Waals surface area contributed by atoms with Gasteiger partial charge in [0.05, 0.1) is 22.2 Å². The number of aromatic nitrogens is 3. The number of aliphatic hydroxyl groups is 1. The average Bonchev–Trinajstić information content (AvgIpc) is 2.99. The highest BCUT2D eigenvalue weighted by molar-refractivity contribution is 6.02. The minimum Gasteiger partial charge on any atom is -0.508 e. The SMILES string of the molecule is CCc1nc2ncc(C(F)(F)F)cn2c1C(=O)C1(C)C=C(C(F)(F)F)C(O)=CC1. The van der Waals surface area contributed by atoms with Gasteiger partial charge in [-0.2, -0.15) is 26.3 Å². The Morgan fingerprint density at radius 1 is 1.24 bits per heavy atom. The van der Waals surface area contributed by atoms with Gasteiger partial charge in [-0.05, 0) is 25.8 Å². The van der Waals surface area contributed by atoms with E-state index in [2.05, 4.69) is 9.97 Å². The van der Waals surface area contributed by atoms with Crippen molar-refractivity contribution in [3.8, 4) is 0 Å². The first kappa shape index (κ1) is 20.9. The van der Waals surface area contributed by atoms with Crippen molar-refractivity contribution in [2.24, 2.45) is 5.41 Å². The van der Waals surface area contributed by atoms with E-state index in [1.807, 2.05) is 0 Å². The molecule has 29 heavy (non-hydrogen) atoms. The minimum absolute atomic E-state index is 0.115. The molecule has 2 aromatic rings. The van der Waals surface area contributed by atoms with Crippen molar-refractivity contribution >= 4 is 11.6 Å². The van der Waals surface area contributed by atoms with Crippen LogP contribution in [0, 0.1) is 5.41 Å². The largest absolute Gasteiger partial charge is 0.508 e. The lowest BCUT2D eigenvalue weighted by Crippen LogP contribution is -2.32. The lowest BCUT2D eigenvalue weighted by Gasteiger charge is -2.29. The number of nitrogens with zero attached hydrogens (tertiary/aromatic N) is 3. The molecule has 2 heterocycles. The van der Waals surface area contributed by atoms with Gasteiger partial charge in [-0.1, -0.05) is 13.0 Å². The molecule has 0 amide bonds. The Morgan fingerprint density at radius 3 is 2.45 bits per heavy atom. The topological polar surface area (TPSA) is 67.5 Å². The lowest BCUT2D eigenvalue weighted by molar-refractivity contribution is -0.138. The zero-order valence-electron chi connectivity index (χ0n) is 15.2. The molecule has 11 heteroatoms. The van der Waals surface area contributed by atoms with Crippen LogP contribution >= 0.6 is 0 Å². The van der Waals surface area contributed by atoms with Gasteiger partial charge in [0.25, 0.3) is 0 Å². The molecule has 0 fully saturated rings. The highest BCUT2D eigenvalue weighted by atomic mass is 19.4. The molecule has 0 bridgehead atoms. The number of carbonyl (C=O) groups is 1. The molecule has 0 radical (unpaired) electrons. The van der Waals surface area contributed by atoms with Gasteiger partial charge >= 0.3 is 12.4 Å². The molecule has 0 saturated heterocycles. The molecule has 1 unspecified atom stereocenters. The maximum absolute atomic E-state index is 13.2. The quantitative estimate of drug-likeness (QED) is 0.572. The van der Waals surface area contributed by atoms with Gasteiger partial charge in [0.15, 0.2) is 5.78 Å². The normalized spacial score (nSPS) is 20.6. The Labute approximate surface area is 160 Å². The van der Waals surface area contributed by atoms with Gasteiger partial charge in [-0.25, -0.2) is 9.97 Å². The van der Waals surface area contributed by atoms with Crippen LogP contribution in [0.5, 0.6) is 0 Å². The summed E-state index contributed by atoms with van der Waals surface area (Å²) in [5, 5.41) is 9.56. The number of imidazole rings is 1. The van der Waals surface area contributed by atoms with E-state index >= 15 is 0 Å². The summed E-state index contributed by atoms with van der Waals surface area (Å²) in [6, 6.07) is 0.